The van der Waals surface area contributed by atoms with E-state index in [1.165, 1.54) is 0 Å². The molecule has 1 N–H and O–H groups in total. The minimum Gasteiger partial charge on any atom is -0.494 e. The Labute approximate surface area is 180 Å². The monoisotopic (exact) mass is 422 g/mol. The molecule has 1 fully saturated rings. The molecule has 0 aliphatic carbocycles. The standard InChI is InChI=1S/C24H26N2O5/c1-3-29-18-11-9-17(10-12-18)26-24-20(23(27)25-15-19-7-5-13-30-19)14-16-6-4-8-21(28-2)22(16)31-24/h4,6,8-12,14,19H,3,5,7,13,15H2,1-2H3,(H,25,27)/t19-/m0/s1. The first-order chi connectivity index (χ1) is 15.2. The molecule has 0 radical (unpaired) electrons. The molecule has 1 amide bonds. The fraction of sp³-hybridized carbons (Fsp3) is 0.333. The second-order valence-corrected chi connectivity index (χ2v) is 7.23. The topological polar surface area (TPSA) is 82.3 Å². The summed E-state index contributed by atoms with van der Waals surface area (Å²) in [4.78, 5) is 17.6. The zero-order valence-electron chi connectivity index (χ0n) is 17.7. The Morgan fingerprint density at radius 1 is 1.23 bits per heavy atom. The molecule has 0 bridgehead atoms. The maximum absolute atomic E-state index is 13.0. The molecule has 0 saturated carbocycles. The quantitative estimate of drug-likeness (QED) is 0.623. The number of hydrogen-bond acceptors (Lipinski definition) is 6. The maximum atomic E-state index is 13.0. The third kappa shape index (κ3) is 4.88. The van der Waals surface area contributed by atoms with Crippen LogP contribution in [0, 0.1) is 0 Å². The van der Waals surface area contributed by atoms with Gasteiger partial charge in [-0.3, -0.25) is 4.79 Å². The number of benzene rings is 2. The first kappa shape index (κ1) is 20.9. The van der Waals surface area contributed by atoms with Crippen molar-refractivity contribution >= 4 is 22.6 Å². The lowest BCUT2D eigenvalue weighted by molar-refractivity contribution is 0.0854. The Morgan fingerprint density at radius 3 is 2.77 bits per heavy atom. The highest BCUT2D eigenvalue weighted by atomic mass is 16.5. The van der Waals surface area contributed by atoms with Gasteiger partial charge in [-0.25, -0.2) is 4.99 Å². The van der Waals surface area contributed by atoms with Gasteiger partial charge in [-0.1, -0.05) is 12.1 Å². The highest BCUT2D eigenvalue weighted by Gasteiger charge is 2.19. The lowest BCUT2D eigenvalue weighted by Gasteiger charge is -2.12. The van der Waals surface area contributed by atoms with Crippen LogP contribution < -0.4 is 20.3 Å². The van der Waals surface area contributed by atoms with Crippen LogP contribution in [0.5, 0.6) is 11.5 Å². The molecule has 7 heteroatoms. The Kier molecular flexibility index (Phi) is 6.52. The number of carbonyl (C=O) groups excluding carboxylic acids is 1. The molecule has 2 aromatic carbocycles. The summed E-state index contributed by atoms with van der Waals surface area (Å²) in [5, 5.41) is 3.71. The number of nitrogens with one attached hydrogen (secondary N) is 1. The fourth-order valence-corrected chi connectivity index (χ4v) is 3.54. The summed E-state index contributed by atoms with van der Waals surface area (Å²) >= 11 is 0. The van der Waals surface area contributed by atoms with E-state index in [0.29, 0.717) is 35.7 Å². The van der Waals surface area contributed by atoms with Gasteiger partial charge in [0.05, 0.1) is 25.5 Å². The minimum atomic E-state index is -0.256. The number of ether oxygens (including phenoxy) is 3. The van der Waals surface area contributed by atoms with Crippen molar-refractivity contribution in [2.75, 3.05) is 26.9 Å². The normalized spacial score (nSPS) is 16.5. The second kappa shape index (κ2) is 9.66. The Bertz CT molecular complexity index is 1120. The molecule has 2 heterocycles. The van der Waals surface area contributed by atoms with Crippen LogP contribution in [0.25, 0.3) is 11.0 Å². The second-order valence-electron chi connectivity index (χ2n) is 7.23. The van der Waals surface area contributed by atoms with E-state index >= 15 is 0 Å². The van der Waals surface area contributed by atoms with Crippen LogP contribution in [0.1, 0.15) is 30.1 Å². The van der Waals surface area contributed by atoms with Gasteiger partial charge in [0.15, 0.2) is 11.3 Å². The van der Waals surface area contributed by atoms with E-state index in [1.54, 1.807) is 13.2 Å². The van der Waals surface area contributed by atoms with Crippen LogP contribution in [0.3, 0.4) is 0 Å². The van der Waals surface area contributed by atoms with E-state index in [4.69, 9.17) is 18.6 Å². The van der Waals surface area contributed by atoms with Crippen LogP contribution in [-0.2, 0) is 4.74 Å². The van der Waals surface area contributed by atoms with Crippen molar-refractivity contribution in [1.29, 1.82) is 0 Å². The van der Waals surface area contributed by atoms with Gasteiger partial charge in [-0.2, -0.15) is 0 Å². The lowest BCUT2D eigenvalue weighted by Crippen LogP contribution is -2.34. The molecule has 1 aliphatic rings. The van der Waals surface area contributed by atoms with Crippen molar-refractivity contribution in [3.05, 3.63) is 59.6 Å². The summed E-state index contributed by atoms with van der Waals surface area (Å²) in [6.07, 6.45) is 2.01. The zero-order valence-corrected chi connectivity index (χ0v) is 17.7. The van der Waals surface area contributed by atoms with Crippen LogP contribution in [0.4, 0.5) is 5.69 Å². The molecule has 1 aromatic heterocycles. The van der Waals surface area contributed by atoms with Gasteiger partial charge < -0.3 is 23.9 Å². The summed E-state index contributed by atoms with van der Waals surface area (Å²) in [5.41, 5.74) is 1.75. The molecule has 1 atom stereocenters. The van der Waals surface area contributed by atoms with Gasteiger partial charge in [0.1, 0.15) is 11.3 Å². The van der Waals surface area contributed by atoms with Gasteiger partial charge in [-0.05, 0) is 56.2 Å². The molecule has 162 valence electrons. The van der Waals surface area contributed by atoms with Crippen molar-refractivity contribution in [2.45, 2.75) is 25.9 Å². The largest absolute Gasteiger partial charge is 0.494 e. The average molecular weight is 422 g/mol. The third-order valence-electron chi connectivity index (χ3n) is 5.10. The summed E-state index contributed by atoms with van der Waals surface area (Å²) in [5.74, 6) is 1.08. The Hall–Kier alpha value is -3.32. The summed E-state index contributed by atoms with van der Waals surface area (Å²) < 4.78 is 22.6. The molecule has 1 aliphatic heterocycles. The predicted octanol–water partition coefficient (Wildman–Crippen LogP) is 3.98. The van der Waals surface area contributed by atoms with E-state index in [0.717, 1.165) is 30.6 Å². The van der Waals surface area contributed by atoms with Gasteiger partial charge >= 0.3 is 0 Å². The summed E-state index contributed by atoms with van der Waals surface area (Å²) in [7, 11) is 1.58. The molecular weight excluding hydrogens is 396 g/mol. The van der Waals surface area contributed by atoms with Crippen molar-refractivity contribution in [2.24, 2.45) is 4.99 Å². The van der Waals surface area contributed by atoms with Gasteiger partial charge in [0.2, 0.25) is 5.55 Å². The van der Waals surface area contributed by atoms with Crippen molar-refractivity contribution < 1.29 is 23.4 Å². The van der Waals surface area contributed by atoms with E-state index in [-0.39, 0.29) is 17.6 Å². The van der Waals surface area contributed by atoms with Gasteiger partial charge in [-0.15, -0.1) is 0 Å². The third-order valence-corrected chi connectivity index (χ3v) is 5.10. The maximum Gasteiger partial charge on any atom is 0.256 e. The minimum absolute atomic E-state index is 0.0490. The molecule has 0 unspecified atom stereocenters. The SMILES string of the molecule is CCOc1ccc(N=c2oc3c(OC)cccc3cc2C(=O)NC[C@@H]2CCCO2)cc1. The Balaban J connectivity index is 1.74. The number of nitrogens with zero attached hydrogens (tertiary/aromatic N) is 1. The van der Waals surface area contributed by atoms with Crippen LogP contribution in [-0.4, -0.2) is 38.9 Å². The lowest BCUT2D eigenvalue weighted by atomic mass is 10.1. The van der Waals surface area contributed by atoms with Crippen LogP contribution in [0.15, 0.2) is 57.9 Å². The summed E-state index contributed by atoms with van der Waals surface area (Å²) in [6, 6.07) is 14.6. The number of hydrogen-bond donors (Lipinski definition) is 1. The number of amides is 1. The molecular formula is C24H26N2O5. The molecule has 1 saturated heterocycles. The van der Waals surface area contributed by atoms with E-state index in [9.17, 15) is 4.79 Å². The number of carbonyl (C=O) groups is 1. The number of para-hydroxylation sites is 1. The molecule has 3 aromatic rings. The highest BCUT2D eigenvalue weighted by molar-refractivity contribution is 5.97. The van der Waals surface area contributed by atoms with Gasteiger partial charge in [0.25, 0.3) is 5.91 Å². The smallest absolute Gasteiger partial charge is 0.256 e. The molecule has 0 spiro atoms. The molecule has 31 heavy (non-hydrogen) atoms. The molecule has 4 rings (SSSR count). The first-order valence-electron chi connectivity index (χ1n) is 10.5. The number of fused-ring (bicyclic) bond motifs is 1. The highest BCUT2D eigenvalue weighted by Crippen LogP contribution is 2.25. The van der Waals surface area contributed by atoms with Crippen molar-refractivity contribution in [3.63, 3.8) is 0 Å². The van der Waals surface area contributed by atoms with Crippen molar-refractivity contribution in [3.8, 4) is 11.5 Å². The zero-order chi connectivity index (χ0) is 21.6. The Morgan fingerprint density at radius 2 is 2.06 bits per heavy atom. The predicted molar refractivity (Wildman–Crippen MR) is 117 cm³/mol. The number of methoxy groups -OCH3 is 1. The van der Waals surface area contributed by atoms with Gasteiger partial charge in [0, 0.05) is 18.5 Å². The van der Waals surface area contributed by atoms with E-state index in [2.05, 4.69) is 10.3 Å². The van der Waals surface area contributed by atoms with Crippen LogP contribution >= 0.6 is 0 Å². The molecule has 7 nitrogen and oxygen atoms in total. The summed E-state index contributed by atoms with van der Waals surface area (Å²) in [6.45, 7) is 3.72. The number of rotatable bonds is 7. The van der Waals surface area contributed by atoms with E-state index < -0.39 is 0 Å². The average Bonchev–Trinajstić information content (AvgIpc) is 3.32. The fourth-order valence-electron chi connectivity index (χ4n) is 3.54. The first-order valence-corrected chi connectivity index (χ1v) is 10.5. The van der Waals surface area contributed by atoms with Crippen LogP contribution in [0.2, 0.25) is 0 Å². The van der Waals surface area contributed by atoms with E-state index in [1.807, 2.05) is 49.4 Å². The van der Waals surface area contributed by atoms with Crippen molar-refractivity contribution in [1.82, 2.24) is 5.32 Å².